The summed E-state index contributed by atoms with van der Waals surface area (Å²) < 4.78 is 4.54. The van der Waals surface area contributed by atoms with Crippen LogP contribution in [0.15, 0.2) is 0 Å². The van der Waals surface area contributed by atoms with Gasteiger partial charge in [-0.3, -0.25) is 4.79 Å². The SMILES string of the molecule is CC(=O)O[CH-]C(C)C.[C-]#N.[Cu+].[Zn+][Br]. The van der Waals surface area contributed by atoms with Gasteiger partial charge in [-0.1, -0.05) is 13.8 Å². The number of halogens is 1. The summed E-state index contributed by atoms with van der Waals surface area (Å²) in [6, 6.07) is 0. The Bertz CT molecular complexity index is 122. The van der Waals surface area contributed by atoms with Gasteiger partial charge in [0.05, 0.1) is 0 Å². The van der Waals surface area contributed by atoms with Crippen molar-refractivity contribution in [2.24, 2.45) is 5.92 Å². The molecule has 0 atom stereocenters. The number of hydrogen-bond acceptors (Lipinski definition) is 3. The van der Waals surface area contributed by atoms with Gasteiger partial charge in [0, 0.05) is 6.92 Å². The fourth-order valence-electron chi connectivity index (χ4n) is 0.232. The third kappa shape index (κ3) is 45.2. The topological polar surface area (TPSA) is 50.1 Å². The van der Waals surface area contributed by atoms with Gasteiger partial charge < -0.3 is 16.6 Å². The second kappa shape index (κ2) is 22.9. The first-order valence-corrected chi connectivity index (χ1v) is 10.1. The number of carbonyl (C=O) groups is 1. The van der Waals surface area contributed by atoms with Gasteiger partial charge in [-0.2, -0.15) is 6.61 Å². The molecule has 6 heteroatoms. The first kappa shape index (κ1) is 23.4. The van der Waals surface area contributed by atoms with E-state index in [2.05, 4.69) is 18.4 Å². The molecule has 0 radical (unpaired) electrons. The van der Waals surface area contributed by atoms with E-state index in [-0.39, 0.29) is 23.0 Å². The van der Waals surface area contributed by atoms with Gasteiger partial charge in [0.25, 0.3) is 5.97 Å². The van der Waals surface area contributed by atoms with Gasteiger partial charge in [-0.25, -0.2) is 0 Å². The number of rotatable bonds is 2. The van der Waals surface area contributed by atoms with Crippen molar-refractivity contribution < 1.29 is 42.9 Å². The Morgan fingerprint density at radius 3 is 1.92 bits per heavy atom. The van der Waals surface area contributed by atoms with E-state index in [1.807, 2.05) is 13.8 Å². The monoisotopic (exact) mass is 347 g/mol. The predicted molar refractivity (Wildman–Crippen MR) is 44.8 cm³/mol. The van der Waals surface area contributed by atoms with Crippen LogP contribution < -0.4 is 0 Å². The molecule has 0 aliphatic rings. The Kier molecular flexibility index (Phi) is 41.3. The van der Waals surface area contributed by atoms with Gasteiger partial charge in [0.15, 0.2) is 0 Å². The second-order valence-corrected chi connectivity index (χ2v) is 1.99. The Morgan fingerprint density at radius 2 is 1.85 bits per heavy atom. The summed E-state index contributed by atoms with van der Waals surface area (Å²) >= 11 is 4.25. The van der Waals surface area contributed by atoms with Gasteiger partial charge in [-0.15, -0.1) is 5.92 Å². The Hall–Kier alpha value is 0.583. The van der Waals surface area contributed by atoms with Crippen LogP contribution in [0.25, 0.3) is 0 Å². The van der Waals surface area contributed by atoms with Crippen LogP contribution in [-0.2, 0) is 42.9 Å². The number of carbonyl (C=O) groups excluding carboxylic acids is 1. The van der Waals surface area contributed by atoms with Crippen LogP contribution in [-0.4, -0.2) is 5.97 Å². The van der Waals surface area contributed by atoms with Gasteiger partial charge >= 0.3 is 47.0 Å². The summed E-state index contributed by atoms with van der Waals surface area (Å²) in [6.07, 6.45) is 0. The molecular weight excluding hydrogens is 339 g/mol. The number of hydrogen-bond donors (Lipinski definition) is 0. The average molecular weight is 350 g/mol. The molecule has 13 heavy (non-hydrogen) atoms. The third-order valence-electron chi connectivity index (χ3n) is 0.506. The summed E-state index contributed by atoms with van der Waals surface area (Å²) in [5.74, 6) is 0.0672. The summed E-state index contributed by atoms with van der Waals surface area (Å²) in [7, 11) is 0. The predicted octanol–water partition coefficient (Wildman–Crippen LogP) is 2.30. The van der Waals surface area contributed by atoms with Crippen molar-refractivity contribution >= 4 is 19.6 Å². The molecule has 0 aliphatic carbocycles. The maximum atomic E-state index is 10.1. The molecule has 0 bridgehead atoms. The normalized spacial score (nSPS) is 6.54. The van der Waals surface area contributed by atoms with Crippen molar-refractivity contribution in [2.75, 3.05) is 0 Å². The standard InChI is InChI=1S/C6H11O2.CN.BrH.Cu.Zn/c1-5(2)4-8-6(3)7;1-2;;;/h4-5H,1-3H3;;1H;;/q2*-1;;+1;+2/p-1. The van der Waals surface area contributed by atoms with Crippen LogP contribution in [0.2, 0.25) is 0 Å². The molecule has 0 rings (SSSR count). The van der Waals surface area contributed by atoms with Crippen molar-refractivity contribution in [3.8, 4) is 0 Å². The van der Waals surface area contributed by atoms with Gasteiger partial charge in [-0.05, 0) is 0 Å². The van der Waals surface area contributed by atoms with E-state index < -0.39 is 0 Å². The van der Waals surface area contributed by atoms with Crippen LogP contribution in [0.5, 0.6) is 0 Å². The minimum absolute atomic E-state index is 0. The van der Waals surface area contributed by atoms with Crippen LogP contribution in [0.4, 0.5) is 0 Å². The van der Waals surface area contributed by atoms with Crippen LogP contribution in [0.1, 0.15) is 20.8 Å². The average Bonchev–Trinajstić information content (AvgIpc) is 2.08. The first-order valence-electron chi connectivity index (χ1n) is 3.12. The second-order valence-electron chi connectivity index (χ2n) is 1.99. The Morgan fingerprint density at radius 1 is 1.54 bits per heavy atom. The molecule has 0 heterocycles. The van der Waals surface area contributed by atoms with E-state index in [0.717, 1.165) is 0 Å². The zero-order chi connectivity index (χ0) is 10.6. The first-order chi connectivity index (χ1) is 5.63. The van der Waals surface area contributed by atoms with E-state index in [9.17, 15) is 4.79 Å². The van der Waals surface area contributed by atoms with E-state index in [4.69, 9.17) is 11.8 Å². The van der Waals surface area contributed by atoms with Gasteiger partial charge in [0.1, 0.15) is 0 Å². The van der Waals surface area contributed by atoms with Crippen LogP contribution in [0.3, 0.4) is 0 Å². The minimum atomic E-state index is -0.251. The third-order valence-corrected chi connectivity index (χ3v) is 0.506. The molecule has 0 amide bonds. The van der Waals surface area contributed by atoms with E-state index >= 15 is 0 Å². The molecular formula is C7H11BrCuNO2Zn. The Balaban J connectivity index is -0.0000000712. The fourth-order valence-corrected chi connectivity index (χ4v) is 0.232. The maximum absolute atomic E-state index is 10.1. The molecule has 0 aromatic heterocycles. The fraction of sp³-hybridized carbons (Fsp3) is 0.571. The zero-order valence-electron chi connectivity index (χ0n) is 7.80. The van der Waals surface area contributed by atoms with Crippen LogP contribution in [0, 0.1) is 24.4 Å². The van der Waals surface area contributed by atoms with E-state index in [1.54, 1.807) is 0 Å². The summed E-state index contributed by atoms with van der Waals surface area (Å²) in [4.78, 5) is 10.1. The van der Waals surface area contributed by atoms with Crippen molar-refractivity contribution in [1.29, 1.82) is 5.26 Å². The molecule has 3 nitrogen and oxygen atoms in total. The van der Waals surface area contributed by atoms with Crippen LogP contribution >= 0.6 is 13.6 Å². The molecule has 0 unspecified atom stereocenters. The van der Waals surface area contributed by atoms with Crippen molar-refractivity contribution in [3.05, 3.63) is 13.2 Å². The Labute approximate surface area is 107 Å². The molecule has 0 aliphatic heterocycles. The molecule has 0 aromatic rings. The quantitative estimate of drug-likeness (QED) is 0.436. The van der Waals surface area contributed by atoms with Gasteiger partial charge in [0.2, 0.25) is 0 Å². The van der Waals surface area contributed by atoms with Crippen molar-refractivity contribution in [3.63, 3.8) is 0 Å². The molecule has 0 saturated heterocycles. The van der Waals surface area contributed by atoms with E-state index in [0.29, 0.717) is 5.92 Å². The molecule has 76 valence electrons. The van der Waals surface area contributed by atoms with Crippen molar-refractivity contribution in [1.82, 2.24) is 0 Å². The molecule has 0 aromatic carbocycles. The molecule has 0 saturated carbocycles. The number of nitrogens with zero attached hydrogens (tertiary/aromatic N) is 1. The number of esters is 1. The summed E-state index contributed by atoms with van der Waals surface area (Å²) in [5, 5.41) is 6.25. The van der Waals surface area contributed by atoms with E-state index in [1.165, 1.54) is 29.9 Å². The summed E-state index contributed by atoms with van der Waals surface area (Å²) in [6.45, 7) is 11.5. The zero-order valence-corrected chi connectivity index (χ0v) is 13.3. The molecule has 0 N–H and O–H groups in total. The molecule has 0 fully saturated rings. The van der Waals surface area contributed by atoms with Crippen molar-refractivity contribution in [2.45, 2.75) is 20.8 Å². The molecule has 0 spiro atoms. The summed E-state index contributed by atoms with van der Waals surface area (Å²) in [5.41, 5.74) is 0. The number of ether oxygens (including phenoxy) is 1.